The molecule has 0 aromatic carbocycles. The maximum Gasteiger partial charge on any atom is 0.322 e. The second-order valence-corrected chi connectivity index (χ2v) is 4.22. The topological polar surface area (TPSA) is 52.3 Å². The highest BCUT2D eigenvalue weighted by atomic mass is 16.5. The quantitative estimate of drug-likeness (QED) is 0.666. The van der Waals surface area contributed by atoms with Gasteiger partial charge < -0.3 is 10.5 Å². The summed E-state index contributed by atoms with van der Waals surface area (Å²) in [5.41, 5.74) is 5.59. The zero-order chi connectivity index (χ0) is 10.5. The Labute approximate surface area is 80.6 Å². The number of hydrogen-bond acceptors (Lipinski definition) is 3. The van der Waals surface area contributed by atoms with Gasteiger partial charge in [-0.15, -0.1) is 0 Å². The van der Waals surface area contributed by atoms with Gasteiger partial charge in [0.05, 0.1) is 6.61 Å². The van der Waals surface area contributed by atoms with E-state index in [2.05, 4.69) is 20.8 Å². The van der Waals surface area contributed by atoms with Crippen LogP contribution in [0.25, 0.3) is 0 Å². The molecule has 0 aliphatic rings. The molecule has 0 radical (unpaired) electrons. The largest absolute Gasteiger partial charge is 0.465 e. The molecule has 0 rings (SSSR count). The summed E-state index contributed by atoms with van der Waals surface area (Å²) in [6.07, 6.45) is 1.98. The van der Waals surface area contributed by atoms with Crippen LogP contribution in [-0.4, -0.2) is 18.6 Å². The third-order valence-electron chi connectivity index (χ3n) is 2.35. The zero-order valence-corrected chi connectivity index (χ0v) is 9.09. The van der Waals surface area contributed by atoms with E-state index in [-0.39, 0.29) is 11.4 Å². The van der Waals surface area contributed by atoms with Crippen LogP contribution in [0.5, 0.6) is 0 Å². The molecule has 1 atom stereocenters. The fourth-order valence-electron chi connectivity index (χ4n) is 0.736. The van der Waals surface area contributed by atoms with E-state index < -0.39 is 6.04 Å². The first-order chi connectivity index (χ1) is 5.89. The molecule has 0 aliphatic carbocycles. The molecular weight excluding hydrogens is 166 g/mol. The molecule has 78 valence electrons. The lowest BCUT2D eigenvalue weighted by Gasteiger charge is -2.22. The molecule has 0 fully saturated rings. The molecule has 0 aliphatic heterocycles. The second-order valence-electron chi connectivity index (χ2n) is 4.22. The van der Waals surface area contributed by atoms with Gasteiger partial charge in [0.25, 0.3) is 0 Å². The Morgan fingerprint density at radius 1 is 1.54 bits per heavy atom. The molecule has 2 N–H and O–H groups in total. The molecule has 1 unspecified atom stereocenters. The smallest absolute Gasteiger partial charge is 0.322 e. The molecule has 3 heteroatoms. The summed E-state index contributed by atoms with van der Waals surface area (Å²) < 4.78 is 4.98. The lowest BCUT2D eigenvalue weighted by Crippen LogP contribution is -2.29. The van der Waals surface area contributed by atoms with Crippen LogP contribution in [0, 0.1) is 5.41 Å². The Kier molecular flexibility index (Phi) is 4.99. The van der Waals surface area contributed by atoms with Crippen molar-refractivity contribution in [1.29, 1.82) is 0 Å². The van der Waals surface area contributed by atoms with Gasteiger partial charge in [0, 0.05) is 0 Å². The Bertz CT molecular complexity index is 164. The Balaban J connectivity index is 3.62. The van der Waals surface area contributed by atoms with Gasteiger partial charge in [-0.2, -0.15) is 0 Å². The van der Waals surface area contributed by atoms with Crippen LogP contribution in [0.3, 0.4) is 0 Å². The summed E-state index contributed by atoms with van der Waals surface area (Å²) in [6.45, 7) is 8.56. The minimum absolute atomic E-state index is 0.248. The third kappa shape index (κ3) is 5.64. The molecule has 0 bridgehead atoms. The average molecular weight is 187 g/mol. The van der Waals surface area contributed by atoms with Crippen molar-refractivity contribution >= 4 is 5.97 Å². The van der Waals surface area contributed by atoms with Gasteiger partial charge in [-0.25, -0.2) is 0 Å². The molecule has 3 nitrogen and oxygen atoms in total. The minimum Gasteiger partial charge on any atom is -0.465 e. The number of carbonyl (C=O) groups is 1. The van der Waals surface area contributed by atoms with Crippen molar-refractivity contribution in [2.24, 2.45) is 11.1 Å². The zero-order valence-electron chi connectivity index (χ0n) is 9.09. The van der Waals surface area contributed by atoms with Crippen LogP contribution in [0.4, 0.5) is 0 Å². The van der Waals surface area contributed by atoms with Crippen LogP contribution < -0.4 is 5.73 Å². The summed E-state index contributed by atoms with van der Waals surface area (Å²) in [5.74, 6) is -0.313. The Morgan fingerprint density at radius 2 is 2.08 bits per heavy atom. The van der Waals surface area contributed by atoms with Crippen molar-refractivity contribution < 1.29 is 9.53 Å². The van der Waals surface area contributed by atoms with E-state index in [1.807, 2.05) is 0 Å². The maximum atomic E-state index is 11.0. The summed E-state index contributed by atoms with van der Waals surface area (Å²) in [4.78, 5) is 11.0. The number of hydrogen-bond donors (Lipinski definition) is 1. The first-order valence-corrected chi connectivity index (χ1v) is 4.81. The summed E-state index contributed by atoms with van der Waals surface area (Å²) in [7, 11) is 0. The predicted molar refractivity (Wildman–Crippen MR) is 53.3 cm³/mol. The fraction of sp³-hybridized carbons (Fsp3) is 0.900. The van der Waals surface area contributed by atoms with Crippen molar-refractivity contribution in [2.45, 2.75) is 46.6 Å². The molecule has 0 saturated heterocycles. The molecule has 0 heterocycles. The van der Waals surface area contributed by atoms with E-state index in [0.29, 0.717) is 6.61 Å². The molecule has 0 spiro atoms. The molecule has 0 aromatic heterocycles. The van der Waals surface area contributed by atoms with Crippen molar-refractivity contribution in [1.82, 2.24) is 0 Å². The number of carbonyl (C=O) groups excluding carboxylic acids is 1. The van der Waals surface area contributed by atoms with E-state index >= 15 is 0 Å². The highest BCUT2D eigenvalue weighted by Gasteiger charge is 2.16. The predicted octanol–water partition coefficient (Wildman–Crippen LogP) is 1.70. The van der Waals surface area contributed by atoms with E-state index in [1.54, 1.807) is 6.92 Å². The monoisotopic (exact) mass is 187 g/mol. The number of nitrogens with two attached hydrogens (primary N) is 1. The van der Waals surface area contributed by atoms with Gasteiger partial charge in [-0.1, -0.05) is 27.2 Å². The summed E-state index contributed by atoms with van der Waals surface area (Å²) >= 11 is 0. The van der Waals surface area contributed by atoms with Crippen LogP contribution >= 0.6 is 0 Å². The van der Waals surface area contributed by atoms with Gasteiger partial charge in [0.1, 0.15) is 6.04 Å². The van der Waals surface area contributed by atoms with E-state index in [0.717, 1.165) is 12.8 Å². The van der Waals surface area contributed by atoms with Crippen LogP contribution in [0.1, 0.15) is 40.5 Å². The molecule has 0 aromatic rings. The third-order valence-corrected chi connectivity index (χ3v) is 2.35. The van der Waals surface area contributed by atoms with Crippen LogP contribution in [0.15, 0.2) is 0 Å². The number of rotatable bonds is 5. The molecular formula is C10H21NO2. The van der Waals surface area contributed by atoms with Gasteiger partial charge in [-0.05, 0) is 18.8 Å². The maximum absolute atomic E-state index is 11.0. The van der Waals surface area contributed by atoms with Crippen molar-refractivity contribution in [3.05, 3.63) is 0 Å². The molecule has 0 saturated carbocycles. The summed E-state index contributed by atoms with van der Waals surface area (Å²) in [6, 6.07) is -0.510. The normalized spacial score (nSPS) is 13.9. The van der Waals surface area contributed by atoms with Crippen molar-refractivity contribution in [3.8, 4) is 0 Å². The molecule has 13 heavy (non-hydrogen) atoms. The number of ether oxygens (including phenoxy) is 1. The van der Waals surface area contributed by atoms with E-state index in [1.165, 1.54) is 0 Å². The van der Waals surface area contributed by atoms with Gasteiger partial charge >= 0.3 is 5.97 Å². The van der Waals surface area contributed by atoms with E-state index in [9.17, 15) is 4.79 Å². The highest BCUT2D eigenvalue weighted by molar-refractivity contribution is 5.74. The minimum atomic E-state index is -0.510. The number of esters is 1. The second kappa shape index (κ2) is 5.22. The lowest BCUT2D eigenvalue weighted by atomic mass is 9.87. The van der Waals surface area contributed by atoms with Crippen LogP contribution in [0.2, 0.25) is 0 Å². The van der Waals surface area contributed by atoms with Crippen molar-refractivity contribution in [2.75, 3.05) is 6.61 Å². The van der Waals surface area contributed by atoms with Gasteiger partial charge in [0.2, 0.25) is 0 Å². The Hall–Kier alpha value is -0.570. The first kappa shape index (κ1) is 12.4. The highest BCUT2D eigenvalue weighted by Crippen LogP contribution is 2.23. The Morgan fingerprint density at radius 3 is 2.46 bits per heavy atom. The summed E-state index contributed by atoms with van der Waals surface area (Å²) in [5, 5.41) is 0. The average Bonchev–Trinajstić information content (AvgIpc) is 2.04. The standard InChI is InChI=1S/C10H21NO2/c1-5-10(3,4)6-7-13-9(12)8(2)11/h8H,5-7,11H2,1-4H3. The SMILES string of the molecule is CCC(C)(C)CCOC(=O)C(C)N. The fourth-order valence-corrected chi connectivity index (χ4v) is 0.736. The van der Waals surface area contributed by atoms with E-state index in [4.69, 9.17) is 10.5 Å². The van der Waals surface area contributed by atoms with Crippen LogP contribution in [-0.2, 0) is 9.53 Å². The first-order valence-electron chi connectivity index (χ1n) is 4.81. The van der Waals surface area contributed by atoms with Crippen molar-refractivity contribution in [3.63, 3.8) is 0 Å². The van der Waals surface area contributed by atoms with Gasteiger partial charge in [-0.3, -0.25) is 4.79 Å². The lowest BCUT2D eigenvalue weighted by molar-refractivity contribution is -0.145. The van der Waals surface area contributed by atoms with Gasteiger partial charge in [0.15, 0.2) is 0 Å². The molecule has 0 amide bonds.